The molecule has 0 aromatic heterocycles. The Labute approximate surface area is 137 Å². The van der Waals surface area contributed by atoms with E-state index in [-0.39, 0.29) is 12.0 Å². The van der Waals surface area contributed by atoms with Gasteiger partial charge in [-0.25, -0.2) is 0 Å². The van der Waals surface area contributed by atoms with Gasteiger partial charge in [0.1, 0.15) is 6.10 Å². The van der Waals surface area contributed by atoms with Gasteiger partial charge in [0.05, 0.1) is 12.7 Å². The van der Waals surface area contributed by atoms with Gasteiger partial charge in [0.2, 0.25) is 5.91 Å². The highest BCUT2D eigenvalue weighted by atomic mass is 16.5. The Kier molecular flexibility index (Phi) is 6.02. The average Bonchev–Trinajstić information content (AvgIpc) is 3.14. The number of amides is 1. The number of hydrogen-bond donors (Lipinski definition) is 1. The normalized spacial score (nSPS) is 22.2. The number of ether oxygens (including phenoxy) is 3. The van der Waals surface area contributed by atoms with Gasteiger partial charge in [-0.3, -0.25) is 4.79 Å². The molecule has 2 fully saturated rings. The van der Waals surface area contributed by atoms with E-state index in [4.69, 9.17) is 14.2 Å². The summed E-state index contributed by atoms with van der Waals surface area (Å²) in [5, 5.41) is 2.95. The van der Waals surface area contributed by atoms with Gasteiger partial charge in [0.25, 0.3) is 0 Å². The molecule has 23 heavy (non-hydrogen) atoms. The largest absolute Gasteiger partial charge is 0.381 e. The Morgan fingerprint density at radius 3 is 2.78 bits per heavy atom. The third-order valence-corrected chi connectivity index (χ3v) is 4.33. The molecule has 1 N–H and O–H groups in total. The molecule has 0 aliphatic carbocycles. The zero-order valence-corrected chi connectivity index (χ0v) is 13.5. The van der Waals surface area contributed by atoms with E-state index >= 15 is 0 Å². The molecule has 2 heterocycles. The Morgan fingerprint density at radius 2 is 2.00 bits per heavy atom. The fourth-order valence-electron chi connectivity index (χ4n) is 2.97. The topological polar surface area (TPSA) is 56.8 Å². The van der Waals surface area contributed by atoms with Crippen molar-refractivity contribution in [2.75, 3.05) is 19.8 Å². The first-order chi connectivity index (χ1) is 11.3. The van der Waals surface area contributed by atoms with Gasteiger partial charge >= 0.3 is 0 Å². The molecule has 1 aromatic carbocycles. The molecule has 5 nitrogen and oxygen atoms in total. The zero-order valence-electron chi connectivity index (χ0n) is 13.5. The molecule has 1 aromatic rings. The maximum absolute atomic E-state index is 12.0. The Hall–Kier alpha value is -1.43. The molecule has 2 saturated heterocycles. The van der Waals surface area contributed by atoms with Crippen LogP contribution < -0.4 is 5.32 Å². The van der Waals surface area contributed by atoms with Crippen molar-refractivity contribution in [1.82, 2.24) is 5.32 Å². The van der Waals surface area contributed by atoms with E-state index in [2.05, 4.69) is 17.4 Å². The number of hydrogen-bond acceptors (Lipinski definition) is 4. The van der Waals surface area contributed by atoms with Crippen molar-refractivity contribution < 1.29 is 19.0 Å². The van der Waals surface area contributed by atoms with Gasteiger partial charge in [0.15, 0.2) is 0 Å². The second kappa shape index (κ2) is 8.43. The molecule has 5 heteroatoms. The summed E-state index contributed by atoms with van der Waals surface area (Å²) in [5.41, 5.74) is 2.23. The van der Waals surface area contributed by atoms with Crippen LogP contribution in [0.4, 0.5) is 0 Å². The lowest BCUT2D eigenvalue weighted by molar-refractivity contribution is -0.130. The smallest absolute Gasteiger partial charge is 0.249 e. The van der Waals surface area contributed by atoms with Crippen molar-refractivity contribution in [2.24, 2.45) is 0 Å². The third-order valence-electron chi connectivity index (χ3n) is 4.33. The molecule has 126 valence electrons. The van der Waals surface area contributed by atoms with E-state index in [1.807, 2.05) is 12.1 Å². The second-order valence-electron chi connectivity index (χ2n) is 6.16. The van der Waals surface area contributed by atoms with E-state index in [0.29, 0.717) is 25.9 Å². The summed E-state index contributed by atoms with van der Waals surface area (Å²) < 4.78 is 16.7. The minimum Gasteiger partial charge on any atom is -0.381 e. The van der Waals surface area contributed by atoms with Crippen molar-refractivity contribution in [3.8, 4) is 0 Å². The molecule has 3 rings (SSSR count). The third kappa shape index (κ3) is 5.03. The van der Waals surface area contributed by atoms with Gasteiger partial charge in [-0.15, -0.1) is 0 Å². The predicted octanol–water partition coefficient (Wildman–Crippen LogP) is 2.18. The van der Waals surface area contributed by atoms with Crippen molar-refractivity contribution in [3.63, 3.8) is 0 Å². The summed E-state index contributed by atoms with van der Waals surface area (Å²) in [6, 6.07) is 8.18. The van der Waals surface area contributed by atoms with Crippen LogP contribution in [0.3, 0.4) is 0 Å². The molecule has 0 bridgehead atoms. The summed E-state index contributed by atoms with van der Waals surface area (Å²) in [5.74, 6) is -0.00800. The summed E-state index contributed by atoms with van der Waals surface area (Å²) in [6.45, 7) is 3.42. The molecular formula is C18H25NO4. The molecule has 0 saturated carbocycles. The molecule has 1 amide bonds. The standard InChI is InChI=1S/C18H25NO4/c20-18(17-5-2-8-22-17)19-12-14-3-1-4-15(11-14)13-23-16-6-9-21-10-7-16/h1,3-4,11,16-17H,2,5-10,12-13H2,(H,19,20). The number of carbonyl (C=O) groups excluding carboxylic acids is 1. The highest BCUT2D eigenvalue weighted by molar-refractivity contribution is 5.80. The van der Waals surface area contributed by atoms with Crippen LogP contribution in [0.2, 0.25) is 0 Å². The van der Waals surface area contributed by atoms with E-state index in [1.165, 1.54) is 0 Å². The first kappa shape index (κ1) is 16.4. The van der Waals surface area contributed by atoms with Gasteiger partial charge in [-0.1, -0.05) is 24.3 Å². The number of benzene rings is 1. The van der Waals surface area contributed by atoms with Crippen LogP contribution >= 0.6 is 0 Å². The van der Waals surface area contributed by atoms with Crippen molar-refractivity contribution in [3.05, 3.63) is 35.4 Å². The van der Waals surface area contributed by atoms with Crippen LogP contribution in [-0.2, 0) is 32.2 Å². The van der Waals surface area contributed by atoms with E-state index < -0.39 is 0 Å². The SMILES string of the molecule is O=C(NCc1cccc(COC2CCOCC2)c1)C1CCCO1. The summed E-state index contributed by atoms with van der Waals surface area (Å²) in [6.07, 6.45) is 3.76. The summed E-state index contributed by atoms with van der Waals surface area (Å²) >= 11 is 0. The Morgan fingerprint density at radius 1 is 1.17 bits per heavy atom. The van der Waals surface area contributed by atoms with E-state index in [0.717, 1.165) is 50.0 Å². The monoisotopic (exact) mass is 319 g/mol. The lowest BCUT2D eigenvalue weighted by Crippen LogP contribution is -2.33. The van der Waals surface area contributed by atoms with Crippen LogP contribution in [0.1, 0.15) is 36.8 Å². The fourth-order valence-corrected chi connectivity index (χ4v) is 2.97. The van der Waals surface area contributed by atoms with Gasteiger partial charge in [0, 0.05) is 26.4 Å². The summed E-state index contributed by atoms with van der Waals surface area (Å²) in [7, 11) is 0. The maximum atomic E-state index is 12.0. The number of nitrogens with one attached hydrogen (secondary N) is 1. The van der Waals surface area contributed by atoms with Crippen LogP contribution in [0.15, 0.2) is 24.3 Å². The summed E-state index contributed by atoms with van der Waals surface area (Å²) in [4.78, 5) is 12.0. The molecular weight excluding hydrogens is 294 g/mol. The van der Waals surface area contributed by atoms with Crippen LogP contribution in [0.25, 0.3) is 0 Å². The minimum absolute atomic E-state index is 0.00800. The highest BCUT2D eigenvalue weighted by Gasteiger charge is 2.23. The van der Waals surface area contributed by atoms with Gasteiger partial charge in [-0.2, -0.15) is 0 Å². The molecule has 0 spiro atoms. The van der Waals surface area contributed by atoms with Gasteiger partial charge < -0.3 is 19.5 Å². The molecule has 0 radical (unpaired) electrons. The Bertz CT molecular complexity index is 507. The molecule has 1 atom stereocenters. The maximum Gasteiger partial charge on any atom is 0.249 e. The second-order valence-corrected chi connectivity index (χ2v) is 6.16. The number of carbonyl (C=O) groups is 1. The van der Waals surface area contributed by atoms with E-state index in [1.54, 1.807) is 0 Å². The molecule has 2 aliphatic heterocycles. The van der Waals surface area contributed by atoms with E-state index in [9.17, 15) is 4.79 Å². The van der Waals surface area contributed by atoms with Crippen molar-refractivity contribution in [1.29, 1.82) is 0 Å². The van der Waals surface area contributed by atoms with Gasteiger partial charge in [-0.05, 0) is 36.8 Å². The van der Waals surface area contributed by atoms with Crippen LogP contribution in [0, 0.1) is 0 Å². The lowest BCUT2D eigenvalue weighted by Gasteiger charge is -2.22. The lowest BCUT2D eigenvalue weighted by atomic mass is 10.1. The first-order valence-corrected chi connectivity index (χ1v) is 8.48. The molecule has 2 aliphatic rings. The minimum atomic E-state index is -0.268. The first-order valence-electron chi connectivity index (χ1n) is 8.48. The van der Waals surface area contributed by atoms with Crippen LogP contribution in [-0.4, -0.2) is 37.9 Å². The van der Waals surface area contributed by atoms with Crippen LogP contribution in [0.5, 0.6) is 0 Å². The quantitative estimate of drug-likeness (QED) is 0.873. The fraction of sp³-hybridized carbons (Fsp3) is 0.611. The number of rotatable bonds is 6. The van der Waals surface area contributed by atoms with Crippen molar-refractivity contribution >= 4 is 5.91 Å². The Balaban J connectivity index is 1.45. The highest BCUT2D eigenvalue weighted by Crippen LogP contribution is 2.15. The van der Waals surface area contributed by atoms with Crippen molar-refractivity contribution in [2.45, 2.75) is 51.0 Å². The molecule has 1 unspecified atom stereocenters. The average molecular weight is 319 g/mol. The predicted molar refractivity (Wildman–Crippen MR) is 85.9 cm³/mol. The zero-order chi connectivity index (χ0) is 15.9.